The van der Waals surface area contributed by atoms with E-state index < -0.39 is 11.9 Å². The second-order valence-corrected chi connectivity index (χ2v) is 8.78. The number of halogens is 1. The Morgan fingerprint density at radius 3 is 2.64 bits per heavy atom. The smallest absolute Gasteiger partial charge is 0.336 e. The first kappa shape index (κ1) is 23.1. The first-order valence-electron chi connectivity index (χ1n) is 10.6. The van der Waals surface area contributed by atoms with Gasteiger partial charge in [-0.15, -0.1) is 0 Å². The molecule has 0 saturated carbocycles. The van der Waals surface area contributed by atoms with E-state index in [1.54, 1.807) is 20.1 Å². The van der Waals surface area contributed by atoms with Crippen LogP contribution in [0.1, 0.15) is 41.3 Å². The summed E-state index contributed by atoms with van der Waals surface area (Å²) in [5.74, 6) is -0.0687. The number of carbonyl (C=O) groups excluding carboxylic acids is 2. The number of ketones is 1. The highest BCUT2D eigenvalue weighted by Gasteiger charge is 2.43. The van der Waals surface area contributed by atoms with Crippen molar-refractivity contribution in [1.29, 1.82) is 0 Å². The molecule has 1 heterocycles. The molecule has 33 heavy (non-hydrogen) atoms. The first-order chi connectivity index (χ1) is 15.9. The number of dihydropyridines is 1. The zero-order valence-electron chi connectivity index (χ0n) is 18.7. The maximum absolute atomic E-state index is 13.6. The quantitative estimate of drug-likeness (QED) is 0.294. The third-order valence-electron chi connectivity index (χ3n) is 5.67. The topological polar surface area (TPSA) is 73.9 Å². The van der Waals surface area contributed by atoms with Crippen molar-refractivity contribution in [2.75, 3.05) is 20.3 Å². The molecule has 1 aliphatic carbocycles. The fourth-order valence-corrected chi connectivity index (χ4v) is 5.11. The summed E-state index contributed by atoms with van der Waals surface area (Å²) in [7, 11) is 1.56. The molecule has 0 amide bonds. The van der Waals surface area contributed by atoms with Gasteiger partial charge in [-0.25, -0.2) is 4.79 Å². The van der Waals surface area contributed by atoms with Gasteiger partial charge in [-0.05, 0) is 54.1 Å². The maximum Gasteiger partial charge on any atom is 0.336 e. The molecule has 6 nitrogen and oxygen atoms in total. The van der Waals surface area contributed by atoms with E-state index in [9.17, 15) is 9.59 Å². The maximum atomic E-state index is 13.6. The lowest BCUT2D eigenvalue weighted by Crippen LogP contribution is -2.29. The van der Waals surface area contributed by atoms with Crippen LogP contribution in [0, 0.1) is 3.57 Å². The van der Waals surface area contributed by atoms with E-state index in [4.69, 9.17) is 14.2 Å². The number of allylic oxidation sites excluding steroid dienone is 2. The summed E-state index contributed by atoms with van der Waals surface area (Å²) in [6.07, 6.45) is 1.66. The summed E-state index contributed by atoms with van der Waals surface area (Å²) in [6.45, 7) is 7.85. The van der Waals surface area contributed by atoms with Gasteiger partial charge in [-0.2, -0.15) is 0 Å². The number of hydrogen-bond donors (Lipinski definition) is 1. The lowest BCUT2D eigenvalue weighted by molar-refractivity contribution is -0.138. The number of Topliss-reactive ketones (excluding diaryl/α,β-unsaturated/α-hetero) is 1. The number of esters is 1. The second-order valence-electron chi connectivity index (χ2n) is 7.61. The van der Waals surface area contributed by atoms with Gasteiger partial charge < -0.3 is 19.5 Å². The zero-order valence-corrected chi connectivity index (χ0v) is 20.8. The molecule has 4 rings (SSSR count). The SMILES string of the molecule is C=CCOc1c(I)cc([C@@H]2C(C(=O)OCC)=C(C)NC3=C2C(=O)c2ccccc23)cc1OC. The van der Waals surface area contributed by atoms with Gasteiger partial charge in [-0.1, -0.05) is 36.9 Å². The molecular formula is C26H24INO5. The largest absolute Gasteiger partial charge is 0.493 e. The number of carbonyl (C=O) groups is 2. The molecule has 1 N–H and O–H groups in total. The van der Waals surface area contributed by atoms with Crippen LogP contribution in [-0.2, 0) is 9.53 Å². The Labute approximate surface area is 206 Å². The molecule has 0 fully saturated rings. The minimum atomic E-state index is -0.615. The van der Waals surface area contributed by atoms with Crippen LogP contribution in [0.4, 0.5) is 0 Å². The molecular weight excluding hydrogens is 533 g/mol. The van der Waals surface area contributed by atoms with Gasteiger partial charge in [0.05, 0.1) is 28.6 Å². The van der Waals surface area contributed by atoms with Crippen molar-refractivity contribution in [3.8, 4) is 11.5 Å². The van der Waals surface area contributed by atoms with Gasteiger partial charge in [0.15, 0.2) is 17.3 Å². The Morgan fingerprint density at radius 1 is 1.24 bits per heavy atom. The van der Waals surface area contributed by atoms with Gasteiger partial charge in [-0.3, -0.25) is 4.79 Å². The van der Waals surface area contributed by atoms with E-state index in [1.807, 2.05) is 43.3 Å². The number of hydrogen-bond acceptors (Lipinski definition) is 6. The molecule has 0 aromatic heterocycles. The monoisotopic (exact) mass is 557 g/mol. The average Bonchev–Trinajstić information content (AvgIpc) is 3.08. The molecule has 2 aromatic rings. The van der Waals surface area contributed by atoms with Crippen LogP contribution in [0.25, 0.3) is 5.70 Å². The van der Waals surface area contributed by atoms with Crippen molar-refractivity contribution in [3.63, 3.8) is 0 Å². The number of benzene rings is 2. The van der Waals surface area contributed by atoms with E-state index >= 15 is 0 Å². The van der Waals surface area contributed by atoms with Gasteiger partial charge in [0.25, 0.3) is 0 Å². The van der Waals surface area contributed by atoms with E-state index in [-0.39, 0.29) is 12.4 Å². The third kappa shape index (κ3) is 3.94. The molecule has 0 unspecified atom stereocenters. The lowest BCUT2D eigenvalue weighted by Gasteiger charge is -2.29. The fraction of sp³-hybridized carbons (Fsp3) is 0.231. The molecule has 0 bridgehead atoms. The number of rotatable bonds is 7. The standard InChI is InChI=1S/C26H24INO5/c1-5-11-33-25-18(27)12-15(13-19(25)31-4)21-20(26(30)32-6-2)14(3)28-23-16-9-7-8-10-17(16)24(29)22(21)23/h5,7-10,12-13,21,28H,1,6,11H2,2-4H3/t21-/m1/s1. The predicted octanol–water partition coefficient (Wildman–Crippen LogP) is 5.00. The molecule has 2 aliphatic rings. The summed E-state index contributed by atoms with van der Waals surface area (Å²) in [5.41, 5.74) is 4.52. The van der Waals surface area contributed by atoms with Crippen LogP contribution < -0.4 is 14.8 Å². The highest BCUT2D eigenvalue weighted by atomic mass is 127. The van der Waals surface area contributed by atoms with Gasteiger partial charge in [0.2, 0.25) is 0 Å². The van der Waals surface area contributed by atoms with E-state index in [0.29, 0.717) is 40.5 Å². The molecule has 0 saturated heterocycles. The predicted molar refractivity (Wildman–Crippen MR) is 134 cm³/mol. The highest BCUT2D eigenvalue weighted by molar-refractivity contribution is 14.1. The van der Waals surface area contributed by atoms with Gasteiger partial charge in [0.1, 0.15) is 6.61 Å². The molecule has 0 radical (unpaired) electrons. The summed E-state index contributed by atoms with van der Waals surface area (Å²) in [6, 6.07) is 11.2. The van der Waals surface area contributed by atoms with Crippen molar-refractivity contribution in [3.05, 3.63) is 86.2 Å². The van der Waals surface area contributed by atoms with Crippen molar-refractivity contribution in [2.45, 2.75) is 19.8 Å². The number of fused-ring (bicyclic) bond motifs is 2. The number of methoxy groups -OCH3 is 1. The number of ether oxygens (including phenoxy) is 3. The molecule has 2 aromatic carbocycles. The summed E-state index contributed by atoms with van der Waals surface area (Å²) >= 11 is 2.17. The fourth-order valence-electron chi connectivity index (χ4n) is 4.33. The highest BCUT2D eigenvalue weighted by Crippen LogP contribution is 2.48. The molecule has 0 spiro atoms. The lowest BCUT2D eigenvalue weighted by atomic mass is 9.79. The minimum absolute atomic E-state index is 0.103. The average molecular weight is 557 g/mol. The van der Waals surface area contributed by atoms with Crippen molar-refractivity contribution >= 4 is 40.0 Å². The Balaban J connectivity index is 1.93. The van der Waals surface area contributed by atoms with Crippen LogP contribution in [0.15, 0.2) is 65.9 Å². The Kier molecular flexibility index (Phi) is 6.60. The Morgan fingerprint density at radius 2 is 1.97 bits per heavy atom. The van der Waals surface area contributed by atoms with Gasteiger partial charge >= 0.3 is 5.97 Å². The zero-order chi connectivity index (χ0) is 23.7. The molecule has 1 atom stereocenters. The van der Waals surface area contributed by atoms with Crippen LogP contribution in [-0.4, -0.2) is 32.1 Å². The van der Waals surface area contributed by atoms with Crippen LogP contribution >= 0.6 is 22.6 Å². The number of nitrogens with one attached hydrogen (secondary N) is 1. The van der Waals surface area contributed by atoms with E-state index in [0.717, 1.165) is 20.4 Å². The van der Waals surface area contributed by atoms with Crippen LogP contribution in [0.5, 0.6) is 11.5 Å². The van der Waals surface area contributed by atoms with Gasteiger partial charge in [0, 0.05) is 28.3 Å². The first-order valence-corrected chi connectivity index (χ1v) is 11.6. The molecule has 1 aliphatic heterocycles. The van der Waals surface area contributed by atoms with Crippen molar-refractivity contribution in [2.24, 2.45) is 0 Å². The Hall–Kier alpha value is -3.07. The van der Waals surface area contributed by atoms with Crippen molar-refractivity contribution < 1.29 is 23.8 Å². The summed E-state index contributed by atoms with van der Waals surface area (Å²) in [4.78, 5) is 26.6. The normalized spacial score (nSPS) is 16.7. The Bertz CT molecular complexity index is 1230. The second kappa shape index (κ2) is 9.43. The summed E-state index contributed by atoms with van der Waals surface area (Å²) < 4.78 is 17.6. The molecule has 170 valence electrons. The van der Waals surface area contributed by atoms with Crippen LogP contribution in [0.3, 0.4) is 0 Å². The van der Waals surface area contributed by atoms with E-state index in [1.165, 1.54) is 0 Å². The van der Waals surface area contributed by atoms with Crippen LogP contribution in [0.2, 0.25) is 0 Å². The molecule has 7 heteroatoms. The third-order valence-corrected chi connectivity index (χ3v) is 6.48. The minimum Gasteiger partial charge on any atom is -0.493 e. The summed E-state index contributed by atoms with van der Waals surface area (Å²) in [5, 5.41) is 3.31. The van der Waals surface area contributed by atoms with E-state index in [2.05, 4.69) is 34.5 Å². The van der Waals surface area contributed by atoms with Crippen molar-refractivity contribution in [1.82, 2.24) is 5.32 Å².